The highest BCUT2D eigenvalue weighted by Gasteiger charge is 2.36. The number of hydrogen-bond acceptors (Lipinski definition) is 4. The molecule has 3 unspecified atom stereocenters. The Morgan fingerprint density at radius 3 is 2.79 bits per heavy atom. The van der Waals surface area contributed by atoms with Crippen LogP contribution in [0.4, 0.5) is 0 Å². The SMILES string of the molecule is CCOC(=O)C1NC(=O)C(C)OC1C. The molecule has 1 aliphatic rings. The molecule has 14 heavy (non-hydrogen) atoms. The number of carbonyl (C=O) groups excluding carboxylic acids is 2. The summed E-state index contributed by atoms with van der Waals surface area (Å²) in [5.41, 5.74) is 0. The number of ether oxygens (including phenoxy) is 2. The zero-order valence-electron chi connectivity index (χ0n) is 8.57. The average molecular weight is 201 g/mol. The standard InChI is InChI=1S/C9H15NO4/c1-4-13-9(12)7-5(2)14-6(3)8(11)10-7/h5-7H,4H2,1-3H3,(H,10,11). The largest absolute Gasteiger partial charge is 0.464 e. The Morgan fingerprint density at radius 1 is 1.57 bits per heavy atom. The molecule has 1 saturated heterocycles. The number of rotatable bonds is 2. The van der Waals surface area contributed by atoms with E-state index < -0.39 is 18.1 Å². The maximum Gasteiger partial charge on any atom is 0.331 e. The van der Waals surface area contributed by atoms with E-state index in [0.717, 1.165) is 0 Å². The van der Waals surface area contributed by atoms with Gasteiger partial charge in [-0.15, -0.1) is 0 Å². The Labute approximate surface area is 82.8 Å². The number of amides is 1. The van der Waals surface area contributed by atoms with E-state index in [0.29, 0.717) is 6.61 Å². The molecule has 0 aromatic carbocycles. The van der Waals surface area contributed by atoms with E-state index in [1.165, 1.54) is 0 Å². The molecule has 0 saturated carbocycles. The van der Waals surface area contributed by atoms with Gasteiger partial charge in [0.2, 0.25) is 5.91 Å². The monoisotopic (exact) mass is 201 g/mol. The van der Waals surface area contributed by atoms with E-state index in [-0.39, 0.29) is 12.0 Å². The van der Waals surface area contributed by atoms with Crippen molar-refractivity contribution in [3.8, 4) is 0 Å². The first-order valence-corrected chi connectivity index (χ1v) is 4.68. The summed E-state index contributed by atoms with van der Waals surface area (Å²) in [5, 5.41) is 2.56. The van der Waals surface area contributed by atoms with Crippen LogP contribution in [0.2, 0.25) is 0 Å². The van der Waals surface area contributed by atoms with Gasteiger partial charge in [0.15, 0.2) is 6.04 Å². The van der Waals surface area contributed by atoms with Crippen LogP contribution in [-0.4, -0.2) is 36.7 Å². The van der Waals surface area contributed by atoms with E-state index >= 15 is 0 Å². The molecule has 3 atom stereocenters. The van der Waals surface area contributed by atoms with Gasteiger partial charge < -0.3 is 14.8 Å². The first-order chi connectivity index (χ1) is 6.56. The maximum atomic E-state index is 11.3. The van der Waals surface area contributed by atoms with Crippen LogP contribution in [0.1, 0.15) is 20.8 Å². The van der Waals surface area contributed by atoms with Crippen molar-refractivity contribution in [3.05, 3.63) is 0 Å². The number of morpholine rings is 1. The Morgan fingerprint density at radius 2 is 2.21 bits per heavy atom. The predicted octanol–water partition coefficient (Wildman–Crippen LogP) is -0.159. The van der Waals surface area contributed by atoms with Gasteiger partial charge in [-0.05, 0) is 20.8 Å². The van der Waals surface area contributed by atoms with Crippen molar-refractivity contribution in [1.29, 1.82) is 0 Å². The van der Waals surface area contributed by atoms with Crippen molar-refractivity contribution < 1.29 is 19.1 Å². The zero-order chi connectivity index (χ0) is 10.7. The van der Waals surface area contributed by atoms with E-state index in [1.54, 1.807) is 20.8 Å². The van der Waals surface area contributed by atoms with Crippen LogP contribution in [0.5, 0.6) is 0 Å². The molecule has 1 amide bonds. The fraction of sp³-hybridized carbons (Fsp3) is 0.778. The van der Waals surface area contributed by atoms with E-state index in [4.69, 9.17) is 9.47 Å². The molecule has 0 aromatic rings. The Hall–Kier alpha value is -1.10. The van der Waals surface area contributed by atoms with Crippen LogP contribution in [0.15, 0.2) is 0 Å². The second-order valence-electron chi connectivity index (χ2n) is 3.22. The molecule has 1 aliphatic heterocycles. The highest BCUT2D eigenvalue weighted by Crippen LogP contribution is 2.11. The normalized spacial score (nSPS) is 32.2. The number of hydrogen-bond donors (Lipinski definition) is 1. The molecule has 80 valence electrons. The molecule has 1 N–H and O–H groups in total. The summed E-state index contributed by atoms with van der Waals surface area (Å²) in [6.07, 6.45) is -0.850. The molecular weight excluding hydrogens is 186 g/mol. The minimum atomic E-state index is -0.682. The van der Waals surface area contributed by atoms with Gasteiger partial charge in [-0.25, -0.2) is 4.79 Å². The fourth-order valence-electron chi connectivity index (χ4n) is 1.33. The topological polar surface area (TPSA) is 64.6 Å². The quantitative estimate of drug-likeness (QED) is 0.630. The number of esters is 1. The van der Waals surface area contributed by atoms with Crippen molar-refractivity contribution in [2.45, 2.75) is 39.0 Å². The number of carbonyl (C=O) groups is 2. The summed E-state index contributed by atoms with van der Waals surface area (Å²) in [7, 11) is 0. The number of nitrogens with one attached hydrogen (secondary N) is 1. The molecule has 1 heterocycles. The minimum absolute atomic E-state index is 0.277. The summed E-state index contributed by atoms with van der Waals surface area (Å²) >= 11 is 0. The van der Waals surface area contributed by atoms with Gasteiger partial charge >= 0.3 is 5.97 Å². The molecule has 0 bridgehead atoms. The van der Waals surface area contributed by atoms with Gasteiger partial charge in [0.25, 0.3) is 0 Å². The van der Waals surface area contributed by atoms with Gasteiger partial charge in [0.05, 0.1) is 12.7 Å². The van der Waals surface area contributed by atoms with E-state index in [2.05, 4.69) is 5.32 Å². The van der Waals surface area contributed by atoms with Crippen LogP contribution in [0.25, 0.3) is 0 Å². The van der Waals surface area contributed by atoms with Crippen LogP contribution in [0, 0.1) is 0 Å². The second-order valence-corrected chi connectivity index (χ2v) is 3.22. The van der Waals surface area contributed by atoms with Crippen molar-refractivity contribution in [2.75, 3.05) is 6.61 Å². The lowest BCUT2D eigenvalue weighted by Gasteiger charge is -2.31. The Kier molecular flexibility index (Phi) is 3.46. The minimum Gasteiger partial charge on any atom is -0.464 e. The summed E-state index contributed by atoms with van der Waals surface area (Å²) < 4.78 is 10.1. The third-order valence-electron chi connectivity index (χ3n) is 2.10. The molecule has 5 nitrogen and oxygen atoms in total. The third kappa shape index (κ3) is 2.23. The Balaban J connectivity index is 2.61. The third-order valence-corrected chi connectivity index (χ3v) is 2.10. The maximum absolute atomic E-state index is 11.3. The van der Waals surface area contributed by atoms with Crippen LogP contribution in [0.3, 0.4) is 0 Å². The molecule has 5 heteroatoms. The Bertz CT molecular complexity index is 241. The zero-order valence-corrected chi connectivity index (χ0v) is 8.57. The molecule has 0 aliphatic carbocycles. The fourth-order valence-corrected chi connectivity index (χ4v) is 1.33. The molecule has 0 aromatic heterocycles. The lowest BCUT2D eigenvalue weighted by atomic mass is 10.1. The van der Waals surface area contributed by atoms with Crippen LogP contribution >= 0.6 is 0 Å². The summed E-state index contributed by atoms with van der Waals surface area (Å²) in [6.45, 7) is 5.40. The lowest BCUT2D eigenvalue weighted by molar-refractivity contribution is -0.163. The molecule has 1 rings (SSSR count). The smallest absolute Gasteiger partial charge is 0.331 e. The molecule has 1 fully saturated rings. The second kappa shape index (κ2) is 4.41. The first kappa shape index (κ1) is 11.0. The van der Waals surface area contributed by atoms with Crippen LogP contribution in [-0.2, 0) is 19.1 Å². The summed E-state index contributed by atoms with van der Waals surface area (Å²) in [4.78, 5) is 22.6. The highest BCUT2D eigenvalue weighted by molar-refractivity contribution is 5.88. The molecule has 0 spiro atoms. The molecular formula is C9H15NO4. The van der Waals surface area contributed by atoms with E-state index in [9.17, 15) is 9.59 Å². The summed E-state index contributed by atoms with van der Waals surface area (Å²) in [6, 6.07) is -0.682. The van der Waals surface area contributed by atoms with Gasteiger partial charge in [-0.2, -0.15) is 0 Å². The first-order valence-electron chi connectivity index (χ1n) is 4.68. The highest BCUT2D eigenvalue weighted by atomic mass is 16.5. The van der Waals surface area contributed by atoms with Crippen molar-refractivity contribution in [1.82, 2.24) is 5.32 Å². The van der Waals surface area contributed by atoms with Gasteiger partial charge in [0.1, 0.15) is 6.10 Å². The van der Waals surface area contributed by atoms with Gasteiger partial charge in [-0.1, -0.05) is 0 Å². The van der Waals surface area contributed by atoms with Gasteiger partial charge in [0, 0.05) is 0 Å². The van der Waals surface area contributed by atoms with E-state index in [1.807, 2.05) is 0 Å². The molecule has 0 radical (unpaired) electrons. The average Bonchev–Trinajstić information content (AvgIpc) is 2.11. The van der Waals surface area contributed by atoms with Crippen LogP contribution < -0.4 is 5.32 Å². The van der Waals surface area contributed by atoms with Crippen molar-refractivity contribution in [2.24, 2.45) is 0 Å². The lowest BCUT2D eigenvalue weighted by Crippen LogP contribution is -2.58. The van der Waals surface area contributed by atoms with Gasteiger partial charge in [-0.3, -0.25) is 4.79 Å². The van der Waals surface area contributed by atoms with Crippen molar-refractivity contribution in [3.63, 3.8) is 0 Å². The predicted molar refractivity (Wildman–Crippen MR) is 48.6 cm³/mol. The summed E-state index contributed by atoms with van der Waals surface area (Å²) in [5.74, 6) is -0.721. The van der Waals surface area contributed by atoms with Crippen molar-refractivity contribution >= 4 is 11.9 Å².